The second kappa shape index (κ2) is 6.55. The van der Waals surface area contributed by atoms with Crippen molar-refractivity contribution in [2.45, 2.75) is 51.5 Å². The van der Waals surface area contributed by atoms with E-state index in [0.717, 1.165) is 43.7 Å². The highest BCUT2D eigenvalue weighted by atomic mass is 16.2. The molecule has 0 aliphatic carbocycles. The molecule has 0 radical (unpaired) electrons. The van der Waals surface area contributed by atoms with E-state index < -0.39 is 5.41 Å². The Morgan fingerprint density at radius 2 is 2.12 bits per heavy atom. The highest BCUT2D eigenvalue weighted by Gasteiger charge is 2.38. The van der Waals surface area contributed by atoms with Gasteiger partial charge in [-0.05, 0) is 57.4 Å². The van der Waals surface area contributed by atoms with E-state index in [1.807, 2.05) is 24.8 Å². The van der Waals surface area contributed by atoms with Gasteiger partial charge in [-0.25, -0.2) is 0 Å². The zero-order valence-electron chi connectivity index (χ0n) is 14.8. The fourth-order valence-electron chi connectivity index (χ4n) is 3.50. The maximum absolute atomic E-state index is 12.0. The highest BCUT2D eigenvalue weighted by molar-refractivity contribution is 6.05. The maximum Gasteiger partial charge on any atom is 0.234 e. The average Bonchev–Trinajstić information content (AvgIpc) is 3.05. The molecule has 1 saturated heterocycles. The molecule has 0 aromatic heterocycles. The van der Waals surface area contributed by atoms with Gasteiger partial charge in [0.05, 0.1) is 5.41 Å². The molecule has 130 valence electrons. The molecule has 0 bridgehead atoms. The van der Waals surface area contributed by atoms with Crippen molar-refractivity contribution in [3.63, 3.8) is 0 Å². The molecule has 2 heterocycles. The number of anilines is 1. The molecule has 1 unspecified atom stereocenters. The Morgan fingerprint density at radius 1 is 1.33 bits per heavy atom. The number of amides is 2. The molecular weight excluding hydrogens is 302 g/mol. The molecule has 5 nitrogen and oxygen atoms in total. The Kier molecular flexibility index (Phi) is 4.63. The van der Waals surface area contributed by atoms with Crippen molar-refractivity contribution in [1.82, 2.24) is 10.2 Å². The average molecular weight is 329 g/mol. The summed E-state index contributed by atoms with van der Waals surface area (Å²) in [5.74, 6) is 0.353. The monoisotopic (exact) mass is 329 g/mol. The molecule has 2 amide bonds. The molecule has 1 fully saturated rings. The Morgan fingerprint density at radius 3 is 2.83 bits per heavy atom. The van der Waals surface area contributed by atoms with Gasteiger partial charge in [-0.2, -0.15) is 0 Å². The summed E-state index contributed by atoms with van der Waals surface area (Å²) in [6.07, 6.45) is 2.67. The van der Waals surface area contributed by atoms with E-state index in [-0.39, 0.29) is 11.9 Å². The van der Waals surface area contributed by atoms with Crippen LogP contribution in [0.25, 0.3) is 0 Å². The Bertz CT molecular complexity index is 654. The molecule has 2 N–H and O–H groups in total. The number of carbonyl (C=O) groups excluding carboxylic acids is 2. The van der Waals surface area contributed by atoms with Crippen molar-refractivity contribution >= 4 is 17.5 Å². The molecule has 2 aliphatic rings. The number of carbonyl (C=O) groups is 2. The summed E-state index contributed by atoms with van der Waals surface area (Å²) < 4.78 is 0. The summed E-state index contributed by atoms with van der Waals surface area (Å²) in [5.41, 5.74) is 2.71. The highest BCUT2D eigenvalue weighted by Crippen LogP contribution is 2.38. The molecule has 1 aromatic carbocycles. The van der Waals surface area contributed by atoms with Crippen LogP contribution < -0.4 is 10.6 Å². The van der Waals surface area contributed by atoms with Crippen LogP contribution in [0.15, 0.2) is 18.2 Å². The first-order valence-electron chi connectivity index (χ1n) is 8.86. The van der Waals surface area contributed by atoms with E-state index >= 15 is 0 Å². The van der Waals surface area contributed by atoms with Crippen LogP contribution in [-0.2, 0) is 15.0 Å². The van der Waals surface area contributed by atoms with Crippen LogP contribution in [0.4, 0.5) is 5.69 Å². The lowest BCUT2D eigenvalue weighted by Gasteiger charge is -2.20. The van der Waals surface area contributed by atoms with Crippen molar-refractivity contribution in [2.75, 3.05) is 25.0 Å². The third-order valence-electron chi connectivity index (χ3n) is 5.26. The zero-order chi connectivity index (χ0) is 17.3. The standard InChI is InChI=1S/C19H27N3O2/c1-13(20-9-5-11-22-10-4-6-17(22)23)14-7-8-16-15(12-14)19(2,3)18(24)21-16/h7-8,12-13,20H,4-6,9-11H2,1-3H3,(H,21,24). The van der Waals surface area contributed by atoms with Crippen LogP contribution in [0, 0.1) is 0 Å². The second-order valence-electron chi connectivity index (χ2n) is 7.40. The first-order chi connectivity index (χ1) is 11.4. The normalized spacial score (nSPS) is 20.2. The van der Waals surface area contributed by atoms with E-state index in [1.54, 1.807) is 0 Å². The van der Waals surface area contributed by atoms with E-state index in [4.69, 9.17) is 0 Å². The van der Waals surface area contributed by atoms with Crippen molar-refractivity contribution in [3.8, 4) is 0 Å². The van der Waals surface area contributed by atoms with Gasteiger partial charge in [-0.15, -0.1) is 0 Å². The van der Waals surface area contributed by atoms with Crippen molar-refractivity contribution in [1.29, 1.82) is 0 Å². The Balaban J connectivity index is 1.54. The van der Waals surface area contributed by atoms with Crippen LogP contribution in [0.2, 0.25) is 0 Å². The third-order valence-corrected chi connectivity index (χ3v) is 5.26. The number of nitrogens with one attached hydrogen (secondary N) is 2. The molecule has 0 spiro atoms. The minimum absolute atomic E-state index is 0.0607. The number of hydrogen-bond donors (Lipinski definition) is 2. The summed E-state index contributed by atoms with van der Waals surface area (Å²) >= 11 is 0. The van der Waals surface area contributed by atoms with E-state index in [1.165, 1.54) is 5.56 Å². The van der Waals surface area contributed by atoms with Gasteiger partial charge < -0.3 is 15.5 Å². The van der Waals surface area contributed by atoms with Gasteiger partial charge in [0.1, 0.15) is 0 Å². The van der Waals surface area contributed by atoms with Gasteiger partial charge in [-0.3, -0.25) is 9.59 Å². The topological polar surface area (TPSA) is 61.4 Å². The zero-order valence-corrected chi connectivity index (χ0v) is 14.8. The number of benzene rings is 1. The summed E-state index contributed by atoms with van der Waals surface area (Å²) in [6.45, 7) is 8.69. The van der Waals surface area contributed by atoms with Crippen LogP contribution in [0.5, 0.6) is 0 Å². The first kappa shape index (κ1) is 17.0. The Labute approximate surface area is 143 Å². The molecule has 2 aliphatic heterocycles. The third kappa shape index (κ3) is 3.18. The fourth-order valence-corrected chi connectivity index (χ4v) is 3.50. The van der Waals surface area contributed by atoms with Crippen LogP contribution in [0.3, 0.4) is 0 Å². The summed E-state index contributed by atoms with van der Waals surface area (Å²) in [6, 6.07) is 6.42. The van der Waals surface area contributed by atoms with Gasteiger partial charge in [0.25, 0.3) is 0 Å². The summed E-state index contributed by atoms with van der Waals surface area (Å²) in [7, 11) is 0. The lowest BCUT2D eigenvalue weighted by Crippen LogP contribution is -2.29. The second-order valence-corrected chi connectivity index (χ2v) is 7.40. The van der Waals surface area contributed by atoms with Gasteiger partial charge >= 0.3 is 0 Å². The summed E-state index contributed by atoms with van der Waals surface area (Å²) in [5, 5.41) is 6.47. The van der Waals surface area contributed by atoms with Crippen molar-refractivity contribution in [2.24, 2.45) is 0 Å². The fraction of sp³-hybridized carbons (Fsp3) is 0.579. The lowest BCUT2D eigenvalue weighted by atomic mass is 9.85. The van der Waals surface area contributed by atoms with Crippen molar-refractivity contribution in [3.05, 3.63) is 29.3 Å². The van der Waals surface area contributed by atoms with Crippen LogP contribution in [-0.4, -0.2) is 36.3 Å². The molecule has 24 heavy (non-hydrogen) atoms. The van der Waals surface area contributed by atoms with Crippen molar-refractivity contribution < 1.29 is 9.59 Å². The predicted molar refractivity (Wildman–Crippen MR) is 94.9 cm³/mol. The quantitative estimate of drug-likeness (QED) is 0.789. The number of likely N-dealkylation sites (tertiary alicyclic amines) is 1. The maximum atomic E-state index is 12.0. The largest absolute Gasteiger partial charge is 0.343 e. The molecular formula is C19H27N3O2. The first-order valence-corrected chi connectivity index (χ1v) is 8.86. The molecule has 3 rings (SSSR count). The van der Waals surface area contributed by atoms with Gasteiger partial charge in [-0.1, -0.05) is 12.1 Å². The number of fused-ring (bicyclic) bond motifs is 1. The minimum Gasteiger partial charge on any atom is -0.343 e. The van der Waals surface area contributed by atoms with Gasteiger partial charge in [0.15, 0.2) is 0 Å². The van der Waals surface area contributed by atoms with Gasteiger partial charge in [0, 0.05) is 31.2 Å². The molecule has 5 heteroatoms. The number of rotatable bonds is 6. The smallest absolute Gasteiger partial charge is 0.234 e. The van der Waals surface area contributed by atoms with Gasteiger partial charge in [0.2, 0.25) is 11.8 Å². The number of nitrogens with zero attached hydrogens (tertiary/aromatic N) is 1. The lowest BCUT2D eigenvalue weighted by molar-refractivity contribution is -0.127. The van der Waals surface area contributed by atoms with Crippen LogP contribution in [0.1, 0.15) is 57.2 Å². The van der Waals surface area contributed by atoms with E-state index in [9.17, 15) is 9.59 Å². The predicted octanol–water partition coefficient (Wildman–Crippen LogP) is 2.58. The molecule has 1 atom stereocenters. The SMILES string of the molecule is CC(NCCCN1CCCC1=O)c1ccc2c(c1)C(C)(C)C(=O)N2. The number of hydrogen-bond acceptors (Lipinski definition) is 3. The minimum atomic E-state index is -0.471. The van der Waals surface area contributed by atoms with E-state index in [2.05, 4.69) is 29.7 Å². The van der Waals surface area contributed by atoms with Crippen LogP contribution >= 0.6 is 0 Å². The summed E-state index contributed by atoms with van der Waals surface area (Å²) in [4.78, 5) is 25.6. The molecule has 1 aromatic rings. The molecule has 0 saturated carbocycles. The Hall–Kier alpha value is -1.88. The van der Waals surface area contributed by atoms with E-state index in [0.29, 0.717) is 12.3 Å².